The van der Waals surface area contributed by atoms with Crippen molar-refractivity contribution < 1.29 is 9.64 Å². The smallest absolute Gasteiger partial charge is 0.260 e. The Kier molecular flexibility index (Phi) is 6.23. The van der Waals surface area contributed by atoms with E-state index in [0.29, 0.717) is 6.61 Å². The first kappa shape index (κ1) is 19.2. The molecule has 7 nitrogen and oxygen atoms in total. The second-order valence-electron chi connectivity index (χ2n) is 6.61. The summed E-state index contributed by atoms with van der Waals surface area (Å²) in [7, 11) is 1.68. The van der Waals surface area contributed by atoms with E-state index in [4.69, 9.17) is 21.9 Å². The number of piperazine rings is 1. The van der Waals surface area contributed by atoms with Crippen LogP contribution >= 0.6 is 23.6 Å². The molecule has 3 rings (SSSR count). The number of aromatic amines is 1. The van der Waals surface area contributed by atoms with Crippen LogP contribution in [0.25, 0.3) is 10.2 Å². The number of aryl methyl sites for hydroxylation is 2. The highest BCUT2D eigenvalue weighted by atomic mass is 32.1. The third kappa shape index (κ3) is 4.22. The Morgan fingerprint density at radius 3 is 2.85 bits per heavy atom. The van der Waals surface area contributed by atoms with Gasteiger partial charge < -0.3 is 24.8 Å². The average Bonchev–Trinajstić information content (AvgIpc) is 2.90. The molecule has 0 aromatic carbocycles. The highest BCUT2D eigenvalue weighted by Gasteiger charge is 2.23. The molecule has 1 aliphatic rings. The van der Waals surface area contributed by atoms with Crippen molar-refractivity contribution in [2.24, 2.45) is 0 Å². The first-order valence-electron chi connectivity index (χ1n) is 8.83. The number of nitrogens with zero attached hydrogens (tertiary/aromatic N) is 2. The fourth-order valence-electron chi connectivity index (χ4n) is 3.19. The lowest BCUT2D eigenvalue weighted by Gasteiger charge is -2.33. The molecule has 0 bridgehead atoms. The maximum atomic E-state index is 12.4. The molecule has 3 N–H and O–H groups in total. The third-order valence-electron chi connectivity index (χ3n) is 4.85. The minimum absolute atomic E-state index is 0.0200. The van der Waals surface area contributed by atoms with Crippen LogP contribution in [0.2, 0.25) is 0 Å². The number of nitrogens with one attached hydrogen (secondary N) is 3. The van der Waals surface area contributed by atoms with E-state index < -0.39 is 0 Å². The number of H-pyrrole nitrogens is 1. The summed E-state index contributed by atoms with van der Waals surface area (Å²) < 4.78 is 5.03. The molecule has 3 heterocycles. The van der Waals surface area contributed by atoms with Crippen molar-refractivity contribution >= 4 is 38.9 Å². The number of methoxy groups -OCH3 is 1. The van der Waals surface area contributed by atoms with Crippen LogP contribution in [0.4, 0.5) is 0 Å². The van der Waals surface area contributed by atoms with Crippen molar-refractivity contribution in [2.75, 3.05) is 46.4 Å². The molecule has 26 heavy (non-hydrogen) atoms. The molecule has 0 amide bonds. The molecule has 2 aromatic heterocycles. The van der Waals surface area contributed by atoms with E-state index in [1.807, 2.05) is 13.8 Å². The van der Waals surface area contributed by atoms with Gasteiger partial charge in [0.25, 0.3) is 5.56 Å². The van der Waals surface area contributed by atoms with Gasteiger partial charge in [-0.15, -0.1) is 11.3 Å². The van der Waals surface area contributed by atoms with Crippen LogP contribution in [0.1, 0.15) is 16.3 Å². The summed E-state index contributed by atoms with van der Waals surface area (Å²) in [4.78, 5) is 25.7. The Labute approximate surface area is 162 Å². The molecule has 1 saturated heterocycles. The topological polar surface area (TPSA) is 74.7 Å². The minimum atomic E-state index is -0.0200. The van der Waals surface area contributed by atoms with Gasteiger partial charge in [0.05, 0.1) is 38.2 Å². The Morgan fingerprint density at radius 1 is 1.42 bits per heavy atom. The van der Waals surface area contributed by atoms with Gasteiger partial charge in [-0.1, -0.05) is 0 Å². The lowest BCUT2D eigenvalue weighted by Crippen LogP contribution is -3.13. The van der Waals surface area contributed by atoms with E-state index in [9.17, 15) is 4.79 Å². The van der Waals surface area contributed by atoms with Crippen molar-refractivity contribution in [2.45, 2.75) is 20.4 Å². The molecule has 9 heteroatoms. The quantitative estimate of drug-likeness (QED) is 0.481. The van der Waals surface area contributed by atoms with Gasteiger partial charge in [-0.2, -0.15) is 0 Å². The normalized spacial score (nSPS) is 15.6. The number of hydrogen-bond donors (Lipinski definition) is 3. The van der Waals surface area contributed by atoms with Crippen molar-refractivity contribution in [3.8, 4) is 0 Å². The maximum absolute atomic E-state index is 12.4. The molecule has 1 fully saturated rings. The molecular formula is C17H26N5O2S2+. The van der Waals surface area contributed by atoms with Crippen LogP contribution in [-0.4, -0.2) is 66.4 Å². The molecule has 0 atom stereocenters. The molecule has 0 unspecified atom stereocenters. The van der Waals surface area contributed by atoms with E-state index >= 15 is 0 Å². The predicted molar refractivity (Wildman–Crippen MR) is 108 cm³/mol. The largest absolute Gasteiger partial charge is 0.383 e. The fraction of sp³-hybridized carbons (Fsp3) is 0.588. The van der Waals surface area contributed by atoms with Gasteiger partial charge in [-0.25, -0.2) is 4.98 Å². The maximum Gasteiger partial charge on any atom is 0.260 e. The fourth-order valence-corrected chi connectivity index (χ4v) is 4.53. The third-order valence-corrected chi connectivity index (χ3v) is 6.35. The van der Waals surface area contributed by atoms with Crippen LogP contribution < -0.4 is 15.8 Å². The number of aromatic nitrogens is 2. The van der Waals surface area contributed by atoms with Gasteiger partial charge in [0.15, 0.2) is 10.9 Å². The highest BCUT2D eigenvalue weighted by molar-refractivity contribution is 7.80. The van der Waals surface area contributed by atoms with Crippen LogP contribution in [-0.2, 0) is 11.3 Å². The number of hydrogen-bond acceptors (Lipinski definition) is 5. The van der Waals surface area contributed by atoms with Crippen molar-refractivity contribution in [3.63, 3.8) is 0 Å². The van der Waals surface area contributed by atoms with E-state index in [0.717, 1.165) is 70.9 Å². The number of thiophene rings is 1. The van der Waals surface area contributed by atoms with Crippen molar-refractivity contribution in [1.29, 1.82) is 0 Å². The first-order valence-corrected chi connectivity index (χ1v) is 10.1. The van der Waals surface area contributed by atoms with Gasteiger partial charge in [0.1, 0.15) is 11.4 Å². The van der Waals surface area contributed by atoms with Crippen LogP contribution in [0.15, 0.2) is 4.79 Å². The molecule has 1 aliphatic heterocycles. The second kappa shape index (κ2) is 8.43. The van der Waals surface area contributed by atoms with Gasteiger partial charge in [-0.3, -0.25) is 4.79 Å². The van der Waals surface area contributed by atoms with Gasteiger partial charge >= 0.3 is 0 Å². The van der Waals surface area contributed by atoms with E-state index in [1.165, 1.54) is 4.90 Å². The standard InChI is InChI=1S/C17H25N5O2S2/c1-11-12(2)26-16-14(11)15(23)19-13(20-16)10-21-5-7-22(8-6-21)17(25)18-4-9-24-3/h4-10H2,1-3H3,(H,18,25)(H,19,20,23)/p+1. The van der Waals surface area contributed by atoms with Gasteiger partial charge in [-0.05, 0) is 31.6 Å². The lowest BCUT2D eigenvalue weighted by molar-refractivity contribution is -0.918. The zero-order chi connectivity index (χ0) is 18.7. The lowest BCUT2D eigenvalue weighted by atomic mass is 10.2. The van der Waals surface area contributed by atoms with Crippen molar-refractivity contribution in [1.82, 2.24) is 20.2 Å². The molecule has 0 aliphatic carbocycles. The summed E-state index contributed by atoms with van der Waals surface area (Å²) in [6, 6.07) is 0. The summed E-state index contributed by atoms with van der Waals surface area (Å²) >= 11 is 7.03. The Bertz CT molecular complexity index is 840. The van der Waals surface area contributed by atoms with Crippen LogP contribution in [0.3, 0.4) is 0 Å². The van der Waals surface area contributed by atoms with Gasteiger partial charge in [0, 0.05) is 18.5 Å². The second-order valence-corrected chi connectivity index (χ2v) is 8.20. The van der Waals surface area contributed by atoms with E-state index in [-0.39, 0.29) is 5.56 Å². The van der Waals surface area contributed by atoms with E-state index in [1.54, 1.807) is 18.4 Å². The molecule has 0 radical (unpaired) electrons. The molecule has 0 saturated carbocycles. The molecule has 2 aromatic rings. The summed E-state index contributed by atoms with van der Waals surface area (Å²) in [5.74, 6) is 0.771. The molecule has 0 spiro atoms. The summed E-state index contributed by atoms with van der Waals surface area (Å²) in [5, 5.41) is 4.75. The predicted octanol–water partition coefficient (Wildman–Crippen LogP) is -0.177. The number of quaternary nitrogens is 1. The van der Waals surface area contributed by atoms with Gasteiger partial charge in [0.2, 0.25) is 0 Å². The first-order chi connectivity index (χ1) is 12.5. The Hall–Kier alpha value is -1.55. The van der Waals surface area contributed by atoms with E-state index in [2.05, 4.69) is 15.2 Å². The summed E-state index contributed by atoms with van der Waals surface area (Å²) in [6.07, 6.45) is 0. The van der Waals surface area contributed by atoms with Crippen LogP contribution in [0, 0.1) is 13.8 Å². The molecular weight excluding hydrogens is 370 g/mol. The number of thiocarbonyl (C=S) groups is 1. The average molecular weight is 397 g/mol. The zero-order valence-corrected chi connectivity index (χ0v) is 17.1. The monoisotopic (exact) mass is 396 g/mol. The minimum Gasteiger partial charge on any atom is -0.383 e. The highest BCUT2D eigenvalue weighted by Crippen LogP contribution is 2.25. The number of fused-ring (bicyclic) bond motifs is 1. The zero-order valence-electron chi connectivity index (χ0n) is 15.5. The molecule has 142 valence electrons. The summed E-state index contributed by atoms with van der Waals surface area (Å²) in [5.41, 5.74) is 1.02. The number of rotatable bonds is 5. The van der Waals surface area contributed by atoms with Crippen LogP contribution in [0.5, 0.6) is 0 Å². The summed E-state index contributed by atoms with van der Waals surface area (Å²) in [6.45, 7) is 9.87. The SMILES string of the molecule is COCCNC(=S)N1CC[NH+](Cc2nc3sc(C)c(C)c3c(=O)[nH]2)CC1. The Morgan fingerprint density at radius 2 is 2.15 bits per heavy atom. The number of ether oxygens (including phenoxy) is 1. The Balaban J connectivity index is 1.59. The van der Waals surface area contributed by atoms with Crippen molar-refractivity contribution in [3.05, 3.63) is 26.6 Å².